The first-order valence-corrected chi connectivity index (χ1v) is 9.17. The van der Waals surface area contributed by atoms with Gasteiger partial charge in [0, 0.05) is 10.8 Å². The van der Waals surface area contributed by atoms with E-state index < -0.39 is 0 Å². The van der Waals surface area contributed by atoms with Gasteiger partial charge in [0.1, 0.15) is 5.75 Å². The van der Waals surface area contributed by atoms with Gasteiger partial charge in [0.2, 0.25) is 0 Å². The summed E-state index contributed by atoms with van der Waals surface area (Å²) in [6, 6.07) is 25.7. The first-order chi connectivity index (χ1) is 12.9. The summed E-state index contributed by atoms with van der Waals surface area (Å²) in [7, 11) is 0. The molecule has 0 heterocycles. The van der Waals surface area contributed by atoms with E-state index in [-0.39, 0.29) is 11.4 Å². The van der Waals surface area contributed by atoms with Crippen molar-refractivity contribution in [3.05, 3.63) is 90.0 Å². The van der Waals surface area contributed by atoms with Crippen molar-refractivity contribution in [2.45, 2.75) is 26.2 Å². The molecule has 0 aliphatic carbocycles. The molecule has 0 aliphatic heterocycles. The zero-order valence-corrected chi connectivity index (χ0v) is 15.8. The Hall–Kier alpha value is -3.13. The molecule has 2 heteroatoms. The van der Waals surface area contributed by atoms with E-state index >= 15 is 0 Å². The maximum atomic E-state index is 12.8. The molecule has 0 atom stereocenters. The van der Waals surface area contributed by atoms with Gasteiger partial charge in [0.05, 0.1) is 5.56 Å². The van der Waals surface area contributed by atoms with Crippen molar-refractivity contribution in [1.82, 2.24) is 0 Å². The van der Waals surface area contributed by atoms with Crippen LogP contribution >= 0.6 is 0 Å². The highest BCUT2D eigenvalue weighted by Gasteiger charge is 2.18. The monoisotopic (exact) mass is 354 g/mol. The molecule has 0 unspecified atom stereocenters. The molecule has 4 aromatic rings. The van der Waals surface area contributed by atoms with Crippen molar-refractivity contribution < 1.29 is 9.53 Å². The molecule has 0 saturated heterocycles. The fourth-order valence-electron chi connectivity index (χ4n) is 3.32. The van der Waals surface area contributed by atoms with Gasteiger partial charge in [-0.1, -0.05) is 75.4 Å². The number of carbonyl (C=O) groups excluding carboxylic acids is 1. The first kappa shape index (κ1) is 17.3. The number of benzene rings is 4. The molecule has 0 aliphatic rings. The summed E-state index contributed by atoms with van der Waals surface area (Å²) in [6.45, 7) is 6.56. The third-order valence-electron chi connectivity index (χ3n) is 4.88. The summed E-state index contributed by atoms with van der Waals surface area (Å²) < 4.78 is 5.96. The van der Waals surface area contributed by atoms with Gasteiger partial charge in [0.15, 0.2) is 0 Å². The minimum atomic E-state index is -0.339. The van der Waals surface area contributed by atoms with E-state index in [4.69, 9.17) is 4.74 Å². The number of carbonyl (C=O) groups is 1. The van der Waals surface area contributed by atoms with Gasteiger partial charge in [-0.3, -0.25) is 0 Å². The van der Waals surface area contributed by atoms with Gasteiger partial charge in [-0.15, -0.1) is 0 Å². The molecule has 0 fully saturated rings. The minimum absolute atomic E-state index is 0.0144. The number of ether oxygens (including phenoxy) is 1. The predicted octanol–water partition coefficient (Wildman–Crippen LogP) is 6.51. The number of hydrogen-bond acceptors (Lipinski definition) is 2. The maximum Gasteiger partial charge on any atom is 0.343 e. The lowest BCUT2D eigenvalue weighted by Crippen LogP contribution is -2.11. The van der Waals surface area contributed by atoms with E-state index in [1.807, 2.05) is 42.5 Å². The topological polar surface area (TPSA) is 26.3 Å². The van der Waals surface area contributed by atoms with Crippen LogP contribution in [-0.4, -0.2) is 5.97 Å². The molecule has 134 valence electrons. The molecular formula is C25H22O2. The standard InChI is InChI=1S/C25H22O2/c1-25(2,3)20-14-13-19-15-18-11-7-8-12-21(18)23(22(19)16-20)27-24(26)17-9-5-4-6-10-17/h4-16H,1-3H3. The molecule has 0 N–H and O–H groups in total. The molecule has 4 rings (SSSR count). The molecule has 27 heavy (non-hydrogen) atoms. The minimum Gasteiger partial charge on any atom is -0.422 e. The number of fused-ring (bicyclic) bond motifs is 2. The van der Waals surface area contributed by atoms with Gasteiger partial charge in [-0.05, 0) is 46.0 Å². The molecule has 2 nitrogen and oxygen atoms in total. The Labute approximate surface area is 159 Å². The Bertz CT molecular complexity index is 1140. The van der Waals surface area contributed by atoms with Crippen LogP contribution < -0.4 is 4.74 Å². The zero-order chi connectivity index (χ0) is 19.0. The smallest absolute Gasteiger partial charge is 0.343 e. The second-order valence-corrected chi connectivity index (χ2v) is 7.87. The summed E-state index contributed by atoms with van der Waals surface area (Å²) in [6.07, 6.45) is 0. The summed E-state index contributed by atoms with van der Waals surface area (Å²) >= 11 is 0. The molecule has 0 saturated carbocycles. The summed E-state index contributed by atoms with van der Waals surface area (Å²) in [4.78, 5) is 12.8. The lowest BCUT2D eigenvalue weighted by Gasteiger charge is -2.20. The van der Waals surface area contributed by atoms with E-state index in [2.05, 4.69) is 45.0 Å². The SMILES string of the molecule is CC(C)(C)c1ccc2cc3ccccc3c(OC(=O)c3ccccc3)c2c1. The van der Waals surface area contributed by atoms with Gasteiger partial charge in [0.25, 0.3) is 0 Å². The Morgan fingerprint density at radius 2 is 1.41 bits per heavy atom. The Morgan fingerprint density at radius 3 is 2.15 bits per heavy atom. The van der Waals surface area contributed by atoms with Crippen LogP contribution in [0.15, 0.2) is 78.9 Å². The number of hydrogen-bond donors (Lipinski definition) is 0. The third-order valence-corrected chi connectivity index (χ3v) is 4.88. The molecule has 0 bridgehead atoms. The van der Waals surface area contributed by atoms with Crippen molar-refractivity contribution in [3.8, 4) is 5.75 Å². The van der Waals surface area contributed by atoms with Crippen LogP contribution in [0.2, 0.25) is 0 Å². The summed E-state index contributed by atoms with van der Waals surface area (Å²) in [5, 5.41) is 4.03. The Kier molecular flexibility index (Phi) is 4.19. The van der Waals surface area contributed by atoms with Crippen molar-refractivity contribution in [2.75, 3.05) is 0 Å². The van der Waals surface area contributed by atoms with E-state index in [1.54, 1.807) is 12.1 Å². The third kappa shape index (κ3) is 3.31. The molecule has 0 amide bonds. The normalized spacial score (nSPS) is 11.7. The average molecular weight is 354 g/mol. The van der Waals surface area contributed by atoms with Gasteiger partial charge in [-0.25, -0.2) is 4.79 Å². The lowest BCUT2D eigenvalue weighted by atomic mass is 9.85. The van der Waals surface area contributed by atoms with E-state index in [9.17, 15) is 4.79 Å². The largest absolute Gasteiger partial charge is 0.422 e. The lowest BCUT2D eigenvalue weighted by molar-refractivity contribution is 0.0739. The van der Waals surface area contributed by atoms with E-state index in [0.29, 0.717) is 11.3 Å². The average Bonchev–Trinajstić information content (AvgIpc) is 2.67. The van der Waals surface area contributed by atoms with Crippen LogP contribution in [0.25, 0.3) is 21.5 Å². The summed E-state index contributed by atoms with van der Waals surface area (Å²) in [5.74, 6) is 0.289. The van der Waals surface area contributed by atoms with Crippen molar-refractivity contribution >= 4 is 27.5 Å². The van der Waals surface area contributed by atoms with Gasteiger partial charge < -0.3 is 4.74 Å². The van der Waals surface area contributed by atoms with Crippen molar-refractivity contribution in [3.63, 3.8) is 0 Å². The van der Waals surface area contributed by atoms with E-state index in [1.165, 1.54) is 5.56 Å². The second-order valence-electron chi connectivity index (χ2n) is 7.87. The molecular weight excluding hydrogens is 332 g/mol. The number of rotatable bonds is 2. The van der Waals surface area contributed by atoms with Crippen molar-refractivity contribution in [2.24, 2.45) is 0 Å². The Balaban J connectivity index is 1.94. The zero-order valence-electron chi connectivity index (χ0n) is 15.8. The first-order valence-electron chi connectivity index (χ1n) is 9.17. The van der Waals surface area contributed by atoms with Crippen LogP contribution in [0, 0.1) is 0 Å². The highest BCUT2D eigenvalue weighted by Crippen LogP contribution is 2.37. The Morgan fingerprint density at radius 1 is 0.741 bits per heavy atom. The van der Waals surface area contributed by atoms with Crippen LogP contribution in [0.1, 0.15) is 36.7 Å². The summed E-state index contributed by atoms with van der Waals surface area (Å²) in [5.41, 5.74) is 1.77. The highest BCUT2D eigenvalue weighted by atomic mass is 16.5. The predicted molar refractivity (Wildman–Crippen MR) is 112 cm³/mol. The molecule has 0 aromatic heterocycles. The second kappa shape index (κ2) is 6.55. The fourth-order valence-corrected chi connectivity index (χ4v) is 3.32. The van der Waals surface area contributed by atoms with Crippen molar-refractivity contribution in [1.29, 1.82) is 0 Å². The number of esters is 1. The van der Waals surface area contributed by atoms with Gasteiger partial charge in [-0.2, -0.15) is 0 Å². The fraction of sp³-hybridized carbons (Fsp3) is 0.160. The van der Waals surface area contributed by atoms with Crippen LogP contribution in [-0.2, 0) is 5.41 Å². The van der Waals surface area contributed by atoms with Gasteiger partial charge >= 0.3 is 5.97 Å². The molecule has 0 spiro atoms. The highest BCUT2D eigenvalue weighted by molar-refractivity contribution is 6.07. The van der Waals surface area contributed by atoms with Crippen LogP contribution in [0.4, 0.5) is 0 Å². The van der Waals surface area contributed by atoms with E-state index in [0.717, 1.165) is 21.5 Å². The maximum absolute atomic E-state index is 12.8. The van der Waals surface area contributed by atoms with Crippen LogP contribution in [0.3, 0.4) is 0 Å². The quantitative estimate of drug-likeness (QED) is 0.233. The molecule has 4 aromatic carbocycles. The van der Waals surface area contributed by atoms with Crippen LogP contribution in [0.5, 0.6) is 5.75 Å². The molecule has 0 radical (unpaired) electrons.